The third kappa shape index (κ3) is 2.48. The molecule has 3 aromatic carbocycles. The minimum atomic E-state index is -0.505. The van der Waals surface area contributed by atoms with Crippen LogP contribution < -0.4 is 0 Å². The number of phenols is 2. The third-order valence-electron chi connectivity index (χ3n) is 6.83. The molecular formula is C25H17BrN2O4. The molecule has 7 heteroatoms. The van der Waals surface area contributed by atoms with Crippen LogP contribution in [0.15, 0.2) is 70.2 Å². The monoisotopic (exact) mass is 488 g/mol. The second-order valence-electron chi connectivity index (χ2n) is 8.36. The van der Waals surface area contributed by atoms with Crippen LogP contribution in [0.2, 0.25) is 0 Å². The first-order valence-electron chi connectivity index (χ1n) is 10.3. The van der Waals surface area contributed by atoms with Gasteiger partial charge in [0.25, 0.3) is 11.8 Å². The van der Waals surface area contributed by atoms with E-state index in [1.165, 1.54) is 18.3 Å². The largest absolute Gasteiger partial charge is 0.507 e. The topological polar surface area (TPSA) is 90.2 Å². The molecule has 2 bridgehead atoms. The maximum absolute atomic E-state index is 13.5. The second kappa shape index (κ2) is 6.77. The molecule has 1 fully saturated rings. The molecule has 1 heterocycles. The van der Waals surface area contributed by atoms with Gasteiger partial charge in [0.15, 0.2) is 0 Å². The summed E-state index contributed by atoms with van der Waals surface area (Å²) >= 11 is 3.19. The Morgan fingerprint density at radius 2 is 1.25 bits per heavy atom. The Kier molecular flexibility index (Phi) is 4.07. The first-order valence-corrected chi connectivity index (χ1v) is 11.1. The molecule has 0 aromatic heterocycles. The molecule has 0 radical (unpaired) electrons. The second-order valence-corrected chi connectivity index (χ2v) is 9.21. The van der Waals surface area contributed by atoms with Crippen molar-refractivity contribution in [3.63, 3.8) is 0 Å². The highest BCUT2D eigenvalue weighted by Gasteiger charge is 2.61. The van der Waals surface area contributed by atoms with Gasteiger partial charge in [-0.15, -0.1) is 0 Å². The van der Waals surface area contributed by atoms with Crippen LogP contribution in [0.5, 0.6) is 11.5 Å². The molecule has 4 aliphatic rings. The van der Waals surface area contributed by atoms with Gasteiger partial charge in [-0.25, -0.2) is 0 Å². The van der Waals surface area contributed by atoms with E-state index < -0.39 is 11.8 Å². The van der Waals surface area contributed by atoms with Gasteiger partial charge in [-0.2, -0.15) is 10.1 Å². The number of rotatable bonds is 2. The number of imide groups is 1. The molecule has 158 valence electrons. The van der Waals surface area contributed by atoms with Crippen molar-refractivity contribution in [1.82, 2.24) is 5.01 Å². The summed E-state index contributed by atoms with van der Waals surface area (Å²) in [5.74, 6) is -2.36. The fourth-order valence-corrected chi connectivity index (χ4v) is 5.93. The highest BCUT2D eigenvalue weighted by molar-refractivity contribution is 9.10. The summed E-state index contributed by atoms with van der Waals surface area (Å²) in [5.41, 5.74) is 4.68. The zero-order valence-corrected chi connectivity index (χ0v) is 18.2. The molecule has 0 spiro atoms. The zero-order valence-electron chi connectivity index (χ0n) is 16.6. The smallest absolute Gasteiger partial charge is 0.254 e. The minimum Gasteiger partial charge on any atom is -0.507 e. The third-order valence-corrected chi connectivity index (χ3v) is 7.47. The summed E-state index contributed by atoms with van der Waals surface area (Å²) in [6.07, 6.45) is 1.27. The Morgan fingerprint density at radius 1 is 0.781 bits per heavy atom. The molecule has 0 unspecified atom stereocenters. The van der Waals surface area contributed by atoms with Crippen molar-refractivity contribution in [3.8, 4) is 11.5 Å². The van der Waals surface area contributed by atoms with Crippen LogP contribution in [0.3, 0.4) is 0 Å². The van der Waals surface area contributed by atoms with Crippen LogP contribution in [0.1, 0.15) is 39.7 Å². The van der Waals surface area contributed by atoms with Crippen molar-refractivity contribution in [2.45, 2.75) is 11.8 Å². The number of phenolic OH excluding ortho intramolecular Hbond substituents is 2. The Balaban J connectivity index is 1.44. The van der Waals surface area contributed by atoms with Crippen molar-refractivity contribution in [2.24, 2.45) is 16.9 Å². The summed E-state index contributed by atoms with van der Waals surface area (Å²) in [5, 5.41) is 24.9. The maximum atomic E-state index is 13.5. The van der Waals surface area contributed by atoms with Crippen molar-refractivity contribution in [2.75, 3.05) is 0 Å². The number of aromatic hydroxyl groups is 2. The number of benzene rings is 3. The van der Waals surface area contributed by atoms with E-state index in [4.69, 9.17) is 0 Å². The Labute approximate surface area is 191 Å². The van der Waals surface area contributed by atoms with Gasteiger partial charge < -0.3 is 10.2 Å². The lowest BCUT2D eigenvalue weighted by Crippen LogP contribution is -2.41. The van der Waals surface area contributed by atoms with Crippen LogP contribution in [0.25, 0.3) is 0 Å². The molecule has 3 aliphatic carbocycles. The lowest BCUT2D eigenvalue weighted by atomic mass is 9.55. The molecule has 7 rings (SSSR count). The summed E-state index contributed by atoms with van der Waals surface area (Å²) in [7, 11) is 0. The number of hydrogen-bond donors (Lipinski definition) is 2. The molecular weight excluding hydrogens is 472 g/mol. The van der Waals surface area contributed by atoms with Gasteiger partial charge in [-0.3, -0.25) is 9.59 Å². The van der Waals surface area contributed by atoms with E-state index in [2.05, 4.69) is 45.3 Å². The van der Waals surface area contributed by atoms with Crippen LogP contribution in [-0.4, -0.2) is 33.3 Å². The van der Waals surface area contributed by atoms with E-state index in [0.717, 1.165) is 27.3 Å². The van der Waals surface area contributed by atoms with Gasteiger partial charge in [0.2, 0.25) is 0 Å². The highest BCUT2D eigenvalue weighted by Crippen LogP contribution is 2.60. The van der Waals surface area contributed by atoms with Crippen LogP contribution >= 0.6 is 15.9 Å². The Bertz CT molecular complexity index is 1240. The van der Waals surface area contributed by atoms with E-state index >= 15 is 0 Å². The van der Waals surface area contributed by atoms with Gasteiger partial charge in [-0.1, -0.05) is 48.5 Å². The van der Waals surface area contributed by atoms with Crippen LogP contribution in [0, 0.1) is 11.8 Å². The number of halogens is 1. The lowest BCUT2D eigenvalue weighted by Gasteiger charge is -2.45. The predicted molar refractivity (Wildman–Crippen MR) is 120 cm³/mol. The van der Waals surface area contributed by atoms with Crippen molar-refractivity contribution in [3.05, 3.63) is 93.0 Å². The van der Waals surface area contributed by atoms with Crippen molar-refractivity contribution < 1.29 is 19.8 Å². The van der Waals surface area contributed by atoms with Gasteiger partial charge in [-0.05, 0) is 44.3 Å². The first kappa shape index (κ1) is 19.3. The first-order chi connectivity index (χ1) is 15.5. The van der Waals surface area contributed by atoms with Gasteiger partial charge in [0.1, 0.15) is 11.5 Å². The van der Waals surface area contributed by atoms with Crippen LogP contribution in [-0.2, 0) is 9.59 Å². The fourth-order valence-electron chi connectivity index (χ4n) is 5.56. The maximum Gasteiger partial charge on any atom is 0.254 e. The van der Waals surface area contributed by atoms with E-state index in [1.807, 2.05) is 24.3 Å². The van der Waals surface area contributed by atoms with Crippen molar-refractivity contribution in [1.29, 1.82) is 0 Å². The van der Waals surface area contributed by atoms with Crippen molar-refractivity contribution >= 4 is 34.0 Å². The fraction of sp³-hybridized carbons (Fsp3) is 0.160. The van der Waals surface area contributed by atoms with E-state index in [0.29, 0.717) is 4.47 Å². The SMILES string of the molecule is O=C1[C@@H]2C3c4ccccc4C(c4ccccc43)[C@@H]2C(=O)N1/N=C\c1cc(Br)c(O)cc1O. The number of hydrazone groups is 1. The highest BCUT2D eigenvalue weighted by atomic mass is 79.9. The number of hydrogen-bond acceptors (Lipinski definition) is 5. The molecule has 2 atom stereocenters. The molecule has 1 saturated heterocycles. The Morgan fingerprint density at radius 3 is 1.72 bits per heavy atom. The summed E-state index contributed by atoms with van der Waals surface area (Å²) in [6, 6.07) is 18.7. The molecule has 6 nitrogen and oxygen atoms in total. The number of nitrogens with zero attached hydrogens (tertiary/aromatic N) is 2. The summed E-state index contributed by atoms with van der Waals surface area (Å²) in [4.78, 5) is 26.9. The van der Waals surface area contributed by atoms with Crippen LogP contribution in [0.4, 0.5) is 0 Å². The van der Waals surface area contributed by atoms with E-state index in [1.54, 1.807) is 0 Å². The average Bonchev–Trinajstić information content (AvgIpc) is 3.06. The minimum absolute atomic E-state index is 0.119. The van der Waals surface area contributed by atoms with Gasteiger partial charge in [0.05, 0.1) is 22.5 Å². The quantitative estimate of drug-likeness (QED) is 0.419. The summed E-state index contributed by atoms with van der Waals surface area (Å²) in [6.45, 7) is 0. The Hall–Kier alpha value is -3.45. The average molecular weight is 489 g/mol. The lowest BCUT2D eigenvalue weighted by molar-refractivity contribution is -0.139. The molecule has 32 heavy (non-hydrogen) atoms. The molecule has 3 aromatic rings. The van der Waals surface area contributed by atoms with Gasteiger partial charge >= 0.3 is 0 Å². The number of carbonyl (C=O) groups is 2. The van der Waals surface area contributed by atoms with E-state index in [-0.39, 0.29) is 40.7 Å². The normalized spacial score (nSPS) is 25.2. The van der Waals surface area contributed by atoms with Gasteiger partial charge in [0, 0.05) is 23.5 Å². The molecule has 2 N–H and O–H groups in total. The predicted octanol–water partition coefficient (Wildman–Crippen LogP) is 4.09. The molecule has 1 aliphatic heterocycles. The zero-order chi connectivity index (χ0) is 22.1. The molecule has 0 saturated carbocycles. The standard InChI is InChI=1S/C25H17BrN2O4/c26-17-9-12(18(29)10-19(17)30)11-27-28-24(31)22-20-13-5-1-2-6-14(13)21(23(22)25(28)32)16-8-4-3-7-15(16)20/h1-11,20-23,29-30H/b27-11-/t20?,21?,22-,23+. The van der Waals surface area contributed by atoms with E-state index in [9.17, 15) is 19.8 Å². The number of carbonyl (C=O) groups excluding carboxylic acids is 2. The molecule has 2 amide bonds. The summed E-state index contributed by atoms with van der Waals surface area (Å²) < 4.78 is 0.369. The number of amides is 2.